The zero-order valence-electron chi connectivity index (χ0n) is 8.36. The summed E-state index contributed by atoms with van der Waals surface area (Å²) >= 11 is 0. The first-order valence-electron chi connectivity index (χ1n) is 4.13. The summed E-state index contributed by atoms with van der Waals surface area (Å²) in [5, 5.41) is 8.40. The molecule has 0 saturated carbocycles. The second-order valence-electron chi connectivity index (χ2n) is 3.03. The van der Waals surface area contributed by atoms with Gasteiger partial charge in [0.05, 0.1) is 0 Å². The summed E-state index contributed by atoms with van der Waals surface area (Å²) in [7, 11) is -3.69. The van der Waals surface area contributed by atoms with Gasteiger partial charge in [0.25, 0.3) is 0 Å². The fraction of sp³-hybridized carbons (Fsp3) is 0.625. The van der Waals surface area contributed by atoms with Gasteiger partial charge in [-0.15, -0.1) is 0 Å². The van der Waals surface area contributed by atoms with Crippen molar-refractivity contribution in [2.75, 3.05) is 18.8 Å². The minimum Gasteiger partial charge on any atom is -0.480 e. The van der Waals surface area contributed by atoms with Crippen LogP contribution in [0, 0.1) is 0 Å². The number of aliphatic carboxylic acids is 1. The van der Waals surface area contributed by atoms with Crippen molar-refractivity contribution in [3.8, 4) is 0 Å². The number of hydrogen-bond donors (Lipinski definition) is 1. The summed E-state index contributed by atoms with van der Waals surface area (Å²) in [4.78, 5) is 10.3. The van der Waals surface area contributed by atoms with E-state index in [4.69, 9.17) is 5.11 Å². The first-order chi connectivity index (χ1) is 6.29. The number of carbonyl (C=O) groups is 1. The lowest BCUT2D eigenvalue weighted by Crippen LogP contribution is -2.36. The molecule has 0 aromatic rings. The van der Waals surface area contributed by atoms with E-state index < -0.39 is 21.7 Å². The molecule has 0 aliphatic carbocycles. The van der Waals surface area contributed by atoms with E-state index in [1.165, 1.54) is 0 Å². The van der Waals surface area contributed by atoms with Crippen LogP contribution < -0.4 is 0 Å². The Labute approximate surface area is 84.1 Å². The predicted molar refractivity (Wildman–Crippen MR) is 53.5 cm³/mol. The molecule has 0 fully saturated rings. The molecule has 0 heterocycles. The summed E-state index contributed by atoms with van der Waals surface area (Å²) in [6, 6.07) is 0. The molecule has 0 aliphatic rings. The molecule has 0 rings (SSSR count). The van der Waals surface area contributed by atoms with Crippen LogP contribution in [0.25, 0.3) is 0 Å². The van der Waals surface area contributed by atoms with E-state index in [2.05, 4.69) is 6.58 Å². The standard InChI is InChI=1S/C8H15NO4S/c1-4-9(5-7(2)3)14(12,13)6-8(10)11/h2,4-6H2,1,3H3,(H,10,11). The van der Waals surface area contributed by atoms with Gasteiger partial charge in [0.15, 0.2) is 5.75 Å². The lowest BCUT2D eigenvalue weighted by Gasteiger charge is -2.19. The zero-order chi connectivity index (χ0) is 11.4. The fourth-order valence-corrected chi connectivity index (χ4v) is 2.26. The second-order valence-corrected chi connectivity index (χ2v) is 5.00. The predicted octanol–water partition coefficient (Wildman–Crippen LogP) is 0.299. The number of likely N-dealkylation sites (N-methyl/N-ethyl adjacent to an activating group) is 1. The van der Waals surface area contributed by atoms with Crippen molar-refractivity contribution >= 4 is 16.0 Å². The molecule has 0 radical (unpaired) electrons. The van der Waals surface area contributed by atoms with Crippen molar-refractivity contribution < 1.29 is 18.3 Å². The van der Waals surface area contributed by atoms with Crippen LogP contribution in [-0.4, -0.2) is 42.6 Å². The summed E-state index contributed by atoms with van der Waals surface area (Å²) in [6.45, 7) is 7.36. The van der Waals surface area contributed by atoms with E-state index in [-0.39, 0.29) is 13.1 Å². The largest absolute Gasteiger partial charge is 0.480 e. The smallest absolute Gasteiger partial charge is 0.320 e. The van der Waals surface area contributed by atoms with Crippen molar-refractivity contribution in [3.05, 3.63) is 12.2 Å². The van der Waals surface area contributed by atoms with E-state index in [1.807, 2.05) is 0 Å². The molecule has 82 valence electrons. The van der Waals surface area contributed by atoms with Crippen LogP contribution in [0.2, 0.25) is 0 Å². The second kappa shape index (κ2) is 5.11. The van der Waals surface area contributed by atoms with Crippen molar-refractivity contribution in [2.24, 2.45) is 0 Å². The number of carboxylic acid groups (broad SMARTS) is 1. The van der Waals surface area contributed by atoms with Gasteiger partial charge in [0, 0.05) is 13.1 Å². The van der Waals surface area contributed by atoms with E-state index in [0.717, 1.165) is 4.31 Å². The van der Waals surface area contributed by atoms with Gasteiger partial charge in [-0.05, 0) is 6.92 Å². The molecule has 6 heteroatoms. The first-order valence-corrected chi connectivity index (χ1v) is 5.74. The van der Waals surface area contributed by atoms with Gasteiger partial charge in [-0.25, -0.2) is 8.42 Å². The minimum atomic E-state index is -3.69. The highest BCUT2D eigenvalue weighted by atomic mass is 32.2. The van der Waals surface area contributed by atoms with Crippen LogP contribution >= 0.6 is 0 Å². The average Bonchev–Trinajstić information content (AvgIpc) is 1.96. The van der Waals surface area contributed by atoms with Crippen molar-refractivity contribution in [3.63, 3.8) is 0 Å². The van der Waals surface area contributed by atoms with Gasteiger partial charge in [-0.1, -0.05) is 19.1 Å². The first kappa shape index (κ1) is 13.1. The molecule has 0 aromatic carbocycles. The van der Waals surface area contributed by atoms with E-state index >= 15 is 0 Å². The van der Waals surface area contributed by atoms with Crippen LogP contribution in [-0.2, 0) is 14.8 Å². The van der Waals surface area contributed by atoms with Gasteiger partial charge in [0.2, 0.25) is 10.0 Å². The summed E-state index contributed by atoms with van der Waals surface area (Å²) in [5.41, 5.74) is 0.681. The van der Waals surface area contributed by atoms with Gasteiger partial charge in [-0.2, -0.15) is 4.31 Å². The SMILES string of the molecule is C=C(C)CN(CC)S(=O)(=O)CC(=O)O. The molecular formula is C8H15NO4S. The molecule has 0 unspecified atom stereocenters. The highest BCUT2D eigenvalue weighted by molar-refractivity contribution is 7.89. The Bertz CT molecular complexity index is 320. The topological polar surface area (TPSA) is 74.7 Å². The molecule has 0 amide bonds. The quantitative estimate of drug-likeness (QED) is 0.654. The van der Waals surface area contributed by atoms with E-state index in [9.17, 15) is 13.2 Å². The van der Waals surface area contributed by atoms with Gasteiger partial charge < -0.3 is 5.11 Å². The average molecular weight is 221 g/mol. The Balaban J connectivity index is 4.66. The Kier molecular flexibility index (Phi) is 4.79. The monoisotopic (exact) mass is 221 g/mol. The molecule has 0 bridgehead atoms. The number of nitrogens with zero attached hydrogens (tertiary/aromatic N) is 1. The highest BCUT2D eigenvalue weighted by Crippen LogP contribution is 2.04. The van der Waals surface area contributed by atoms with Crippen molar-refractivity contribution in [1.82, 2.24) is 4.31 Å². The van der Waals surface area contributed by atoms with Crippen LogP contribution in [0.3, 0.4) is 0 Å². The van der Waals surface area contributed by atoms with Gasteiger partial charge in [0.1, 0.15) is 0 Å². The molecule has 5 nitrogen and oxygen atoms in total. The normalized spacial score (nSPS) is 11.6. The van der Waals surface area contributed by atoms with Crippen LogP contribution in [0.4, 0.5) is 0 Å². The maximum atomic E-state index is 11.4. The maximum absolute atomic E-state index is 11.4. The number of carboxylic acids is 1. The lowest BCUT2D eigenvalue weighted by molar-refractivity contribution is -0.134. The zero-order valence-corrected chi connectivity index (χ0v) is 9.17. The van der Waals surface area contributed by atoms with E-state index in [0.29, 0.717) is 5.57 Å². The van der Waals surface area contributed by atoms with Crippen molar-refractivity contribution in [2.45, 2.75) is 13.8 Å². The number of hydrogen-bond acceptors (Lipinski definition) is 3. The molecular weight excluding hydrogens is 206 g/mol. The van der Waals surface area contributed by atoms with E-state index in [1.54, 1.807) is 13.8 Å². The van der Waals surface area contributed by atoms with Crippen LogP contribution in [0.5, 0.6) is 0 Å². The van der Waals surface area contributed by atoms with Gasteiger partial charge in [-0.3, -0.25) is 4.79 Å². The van der Waals surface area contributed by atoms with Crippen LogP contribution in [0.15, 0.2) is 12.2 Å². The number of sulfonamides is 1. The summed E-state index contributed by atoms with van der Waals surface area (Å²) in [5.74, 6) is -2.21. The molecule has 0 saturated heterocycles. The molecule has 0 aromatic heterocycles. The van der Waals surface area contributed by atoms with Crippen molar-refractivity contribution in [1.29, 1.82) is 0 Å². The lowest BCUT2D eigenvalue weighted by atomic mass is 10.3. The van der Waals surface area contributed by atoms with Gasteiger partial charge >= 0.3 is 5.97 Å². The number of rotatable bonds is 6. The minimum absolute atomic E-state index is 0.173. The Morgan fingerprint density at radius 2 is 2.00 bits per heavy atom. The molecule has 0 atom stereocenters. The third-order valence-corrected chi connectivity index (χ3v) is 3.28. The molecule has 0 spiro atoms. The Morgan fingerprint density at radius 3 is 2.29 bits per heavy atom. The molecule has 14 heavy (non-hydrogen) atoms. The maximum Gasteiger partial charge on any atom is 0.320 e. The summed E-state index contributed by atoms with van der Waals surface area (Å²) in [6.07, 6.45) is 0. The Morgan fingerprint density at radius 1 is 1.50 bits per heavy atom. The molecule has 1 N–H and O–H groups in total. The third-order valence-electron chi connectivity index (χ3n) is 1.50. The van der Waals surface area contributed by atoms with Crippen LogP contribution in [0.1, 0.15) is 13.8 Å². The third kappa shape index (κ3) is 4.38. The fourth-order valence-electron chi connectivity index (χ4n) is 0.955. The highest BCUT2D eigenvalue weighted by Gasteiger charge is 2.23. The Hall–Kier alpha value is -0.880. The summed E-state index contributed by atoms with van der Waals surface area (Å²) < 4.78 is 23.9. The molecule has 0 aliphatic heterocycles.